The number of amides is 1. The zero-order chi connectivity index (χ0) is 23.3. The summed E-state index contributed by atoms with van der Waals surface area (Å²) in [5, 5.41) is 4.16. The summed E-state index contributed by atoms with van der Waals surface area (Å²) in [6.45, 7) is 7.13. The fraction of sp³-hybridized carbons (Fsp3) is 0.200. The highest BCUT2D eigenvalue weighted by atomic mass is 32.2. The Kier molecular flexibility index (Phi) is 7.10. The largest absolute Gasteiger partial charge is 0.271 e. The number of nitrogens with one attached hydrogen (secondary N) is 1. The van der Waals surface area contributed by atoms with Gasteiger partial charge in [-0.1, -0.05) is 60.2 Å². The van der Waals surface area contributed by atoms with Crippen molar-refractivity contribution in [2.24, 2.45) is 5.10 Å². The zero-order valence-corrected chi connectivity index (χ0v) is 19.5. The molecule has 0 unspecified atom stereocenters. The topological polar surface area (TPSA) is 78.8 Å². The van der Waals surface area contributed by atoms with Crippen LogP contribution in [0.2, 0.25) is 0 Å². The Morgan fingerprint density at radius 3 is 2.22 bits per heavy atom. The predicted octanol–water partition coefficient (Wildman–Crippen LogP) is 4.35. The minimum absolute atomic E-state index is 0.119. The summed E-state index contributed by atoms with van der Waals surface area (Å²) in [6.07, 6.45) is 0. The van der Waals surface area contributed by atoms with Crippen LogP contribution in [0.5, 0.6) is 0 Å². The molecule has 0 aliphatic heterocycles. The second-order valence-electron chi connectivity index (χ2n) is 7.64. The highest BCUT2D eigenvalue weighted by Gasteiger charge is 2.28. The van der Waals surface area contributed by atoms with Crippen LogP contribution in [0, 0.1) is 20.8 Å². The molecule has 3 aromatic rings. The summed E-state index contributed by atoms with van der Waals surface area (Å²) in [5.74, 6) is -0.531. The van der Waals surface area contributed by atoms with Crippen molar-refractivity contribution in [3.8, 4) is 0 Å². The van der Waals surface area contributed by atoms with Gasteiger partial charge in [-0.25, -0.2) is 13.8 Å². The minimum atomic E-state index is -3.96. The Balaban J connectivity index is 1.90. The van der Waals surface area contributed by atoms with Crippen molar-refractivity contribution in [1.29, 1.82) is 0 Å². The summed E-state index contributed by atoms with van der Waals surface area (Å²) in [5.41, 5.74) is 7.31. The van der Waals surface area contributed by atoms with E-state index in [1.54, 1.807) is 37.3 Å². The van der Waals surface area contributed by atoms with Crippen molar-refractivity contribution in [1.82, 2.24) is 5.43 Å². The highest BCUT2D eigenvalue weighted by molar-refractivity contribution is 7.92. The van der Waals surface area contributed by atoms with Crippen molar-refractivity contribution in [3.05, 3.63) is 95.1 Å². The van der Waals surface area contributed by atoms with E-state index in [-0.39, 0.29) is 4.90 Å². The van der Waals surface area contributed by atoms with Crippen LogP contribution >= 0.6 is 0 Å². The number of nitrogens with zero attached hydrogens (tertiary/aromatic N) is 2. The van der Waals surface area contributed by atoms with Crippen molar-refractivity contribution in [3.63, 3.8) is 0 Å². The van der Waals surface area contributed by atoms with E-state index in [2.05, 4.69) is 10.5 Å². The van der Waals surface area contributed by atoms with E-state index in [9.17, 15) is 13.2 Å². The number of hydrogen-bond acceptors (Lipinski definition) is 4. The minimum Gasteiger partial charge on any atom is -0.271 e. The van der Waals surface area contributed by atoms with Gasteiger partial charge in [-0.15, -0.1) is 0 Å². The van der Waals surface area contributed by atoms with Gasteiger partial charge in [0.25, 0.3) is 15.9 Å². The molecule has 166 valence electrons. The summed E-state index contributed by atoms with van der Waals surface area (Å²) in [7, 11) is -3.96. The average Bonchev–Trinajstić information content (AvgIpc) is 2.79. The molecule has 0 spiro atoms. The maximum atomic E-state index is 13.4. The van der Waals surface area contributed by atoms with E-state index in [0.717, 1.165) is 26.6 Å². The Labute approximate surface area is 189 Å². The van der Waals surface area contributed by atoms with Crippen LogP contribution in [0.4, 0.5) is 5.69 Å². The van der Waals surface area contributed by atoms with E-state index in [1.807, 2.05) is 51.1 Å². The fourth-order valence-corrected chi connectivity index (χ4v) is 4.70. The molecule has 3 aromatic carbocycles. The lowest BCUT2D eigenvalue weighted by Gasteiger charge is -2.26. The molecule has 1 N–H and O–H groups in total. The average molecular weight is 450 g/mol. The molecule has 6 nitrogen and oxygen atoms in total. The van der Waals surface area contributed by atoms with Gasteiger partial charge in [-0.2, -0.15) is 5.10 Å². The summed E-state index contributed by atoms with van der Waals surface area (Å²) < 4.78 is 28.0. The SMILES string of the molecule is C/C(=N/NC(=O)CN(c1cccc(C)c1C)S(=O)(=O)c1ccccc1)c1ccc(C)cc1. The first-order valence-electron chi connectivity index (χ1n) is 10.2. The van der Waals surface area contributed by atoms with E-state index in [1.165, 1.54) is 12.1 Å². The molecule has 0 bridgehead atoms. The predicted molar refractivity (Wildman–Crippen MR) is 128 cm³/mol. The molecular weight excluding hydrogens is 422 g/mol. The van der Waals surface area contributed by atoms with Crippen molar-refractivity contribution in [2.75, 3.05) is 10.8 Å². The summed E-state index contributed by atoms with van der Waals surface area (Å²) in [6, 6.07) is 21.3. The second-order valence-corrected chi connectivity index (χ2v) is 9.50. The van der Waals surface area contributed by atoms with Gasteiger partial charge in [-0.05, 0) is 62.6 Å². The molecule has 0 atom stereocenters. The molecule has 0 radical (unpaired) electrons. The third-order valence-electron chi connectivity index (χ3n) is 5.28. The Morgan fingerprint density at radius 2 is 1.56 bits per heavy atom. The number of hydrogen-bond donors (Lipinski definition) is 1. The standard InChI is InChI=1S/C25H27N3O3S/c1-18-13-15-22(16-14-18)21(4)26-27-25(29)17-28(24-12-8-9-19(2)20(24)3)32(30,31)23-10-6-5-7-11-23/h5-16H,17H2,1-4H3,(H,27,29)/b26-21-. The molecule has 0 aliphatic carbocycles. The lowest BCUT2D eigenvalue weighted by molar-refractivity contribution is -0.119. The smallest absolute Gasteiger partial charge is 0.264 e. The number of carbonyl (C=O) groups is 1. The number of anilines is 1. The number of hydrazone groups is 1. The number of sulfonamides is 1. The van der Waals surface area contributed by atoms with Crippen molar-refractivity contribution in [2.45, 2.75) is 32.6 Å². The fourth-order valence-electron chi connectivity index (χ4n) is 3.20. The van der Waals surface area contributed by atoms with Gasteiger partial charge in [0.2, 0.25) is 0 Å². The summed E-state index contributed by atoms with van der Waals surface area (Å²) in [4.78, 5) is 12.9. The number of benzene rings is 3. The van der Waals surface area contributed by atoms with Crippen LogP contribution in [-0.4, -0.2) is 26.6 Å². The van der Waals surface area contributed by atoms with Crippen molar-refractivity contribution >= 4 is 27.3 Å². The third kappa shape index (κ3) is 5.23. The maximum absolute atomic E-state index is 13.4. The molecule has 0 fully saturated rings. The van der Waals surface area contributed by atoms with E-state index < -0.39 is 22.5 Å². The monoisotopic (exact) mass is 449 g/mol. The summed E-state index contributed by atoms with van der Waals surface area (Å²) >= 11 is 0. The van der Waals surface area contributed by atoms with Crippen LogP contribution in [0.1, 0.15) is 29.2 Å². The molecule has 0 saturated heterocycles. The van der Waals surface area contributed by atoms with Gasteiger partial charge in [0.1, 0.15) is 6.54 Å². The Morgan fingerprint density at radius 1 is 0.906 bits per heavy atom. The number of rotatable bonds is 7. The molecule has 0 saturated carbocycles. The lowest BCUT2D eigenvalue weighted by atomic mass is 10.1. The maximum Gasteiger partial charge on any atom is 0.264 e. The van der Waals surface area contributed by atoms with Gasteiger partial charge >= 0.3 is 0 Å². The van der Waals surface area contributed by atoms with E-state index in [4.69, 9.17) is 0 Å². The van der Waals surface area contributed by atoms with E-state index >= 15 is 0 Å². The van der Waals surface area contributed by atoms with Crippen LogP contribution in [0.25, 0.3) is 0 Å². The molecular formula is C25H27N3O3S. The lowest BCUT2D eigenvalue weighted by Crippen LogP contribution is -2.40. The molecule has 32 heavy (non-hydrogen) atoms. The van der Waals surface area contributed by atoms with Gasteiger partial charge in [0.05, 0.1) is 16.3 Å². The van der Waals surface area contributed by atoms with Crippen LogP contribution in [0.15, 0.2) is 82.8 Å². The quantitative estimate of drug-likeness (QED) is 0.430. The molecule has 7 heteroatoms. The zero-order valence-electron chi connectivity index (χ0n) is 18.7. The number of carbonyl (C=O) groups excluding carboxylic acids is 1. The third-order valence-corrected chi connectivity index (χ3v) is 7.05. The van der Waals surface area contributed by atoms with Crippen molar-refractivity contribution < 1.29 is 13.2 Å². The van der Waals surface area contributed by atoms with Crippen LogP contribution < -0.4 is 9.73 Å². The van der Waals surface area contributed by atoms with Crippen LogP contribution in [0.3, 0.4) is 0 Å². The molecule has 3 rings (SSSR count). The molecule has 1 amide bonds. The van der Waals surface area contributed by atoms with Gasteiger partial charge < -0.3 is 0 Å². The number of aryl methyl sites for hydroxylation is 2. The second kappa shape index (κ2) is 9.78. The van der Waals surface area contributed by atoms with Gasteiger partial charge in [0, 0.05) is 0 Å². The first-order chi connectivity index (χ1) is 15.2. The first kappa shape index (κ1) is 23.2. The molecule has 0 heterocycles. The van der Waals surface area contributed by atoms with E-state index in [0.29, 0.717) is 11.4 Å². The first-order valence-corrected chi connectivity index (χ1v) is 11.7. The highest BCUT2D eigenvalue weighted by Crippen LogP contribution is 2.28. The Bertz CT molecular complexity index is 1240. The normalized spacial score (nSPS) is 11.8. The molecule has 0 aliphatic rings. The molecule has 0 aromatic heterocycles. The van der Waals surface area contributed by atoms with Gasteiger partial charge in [-0.3, -0.25) is 9.10 Å². The van der Waals surface area contributed by atoms with Crippen LogP contribution in [-0.2, 0) is 14.8 Å². The Hall–Kier alpha value is -3.45. The van der Waals surface area contributed by atoms with Gasteiger partial charge in [0.15, 0.2) is 0 Å².